The van der Waals surface area contributed by atoms with E-state index in [4.69, 9.17) is 0 Å². The molecule has 0 aromatic heterocycles. The van der Waals surface area contributed by atoms with E-state index in [9.17, 15) is 0 Å². The van der Waals surface area contributed by atoms with Crippen molar-refractivity contribution in [3.05, 3.63) is 54.1 Å². The van der Waals surface area contributed by atoms with E-state index in [1.807, 2.05) is 0 Å². The molecule has 0 amide bonds. The largest absolute Gasteiger partial charge is 0.290 e. The van der Waals surface area contributed by atoms with E-state index in [0.29, 0.717) is 12.1 Å². The zero-order chi connectivity index (χ0) is 13.1. The van der Waals surface area contributed by atoms with Crippen LogP contribution in [0, 0.1) is 0 Å². The van der Waals surface area contributed by atoms with Gasteiger partial charge in [-0.2, -0.15) is 0 Å². The summed E-state index contributed by atoms with van der Waals surface area (Å²) in [5, 5.41) is 0. The summed E-state index contributed by atoms with van der Waals surface area (Å²) in [6, 6.07) is 12.1. The van der Waals surface area contributed by atoms with Crippen LogP contribution in [0.5, 0.6) is 0 Å². The quantitative estimate of drug-likeness (QED) is 0.711. The van der Waals surface area contributed by atoms with E-state index in [1.54, 1.807) is 0 Å². The molecule has 1 aliphatic heterocycles. The Labute approximate surface area is 116 Å². The lowest BCUT2D eigenvalue weighted by atomic mass is 9.92. The van der Waals surface area contributed by atoms with Gasteiger partial charge >= 0.3 is 0 Å². The Morgan fingerprint density at radius 1 is 1.16 bits per heavy atom. The van der Waals surface area contributed by atoms with Crippen LogP contribution in [0.15, 0.2) is 48.6 Å². The summed E-state index contributed by atoms with van der Waals surface area (Å²) >= 11 is 0. The maximum absolute atomic E-state index is 2.65. The lowest BCUT2D eigenvalue weighted by Gasteiger charge is -2.39. The van der Waals surface area contributed by atoms with Gasteiger partial charge in [0.25, 0.3) is 0 Å². The molecule has 0 saturated carbocycles. The molecular weight excluding hydrogens is 230 g/mol. The highest BCUT2D eigenvalue weighted by molar-refractivity contribution is 5.66. The molecular formula is C18H23N. The van der Waals surface area contributed by atoms with Crippen molar-refractivity contribution in [3.8, 4) is 0 Å². The number of benzene rings is 1. The van der Waals surface area contributed by atoms with Crippen LogP contribution in [0.2, 0.25) is 0 Å². The average Bonchev–Trinajstić information content (AvgIpc) is 2.49. The van der Waals surface area contributed by atoms with Gasteiger partial charge in [-0.1, -0.05) is 48.6 Å². The fourth-order valence-corrected chi connectivity index (χ4v) is 3.34. The molecule has 19 heavy (non-hydrogen) atoms. The number of nitrogens with zero attached hydrogens (tertiary/aromatic N) is 1. The Bertz CT molecular complexity index is 472. The van der Waals surface area contributed by atoms with Crippen LogP contribution in [-0.4, -0.2) is 23.5 Å². The van der Waals surface area contributed by atoms with Gasteiger partial charge in [0, 0.05) is 18.6 Å². The SMILES string of the molecule is CC1CC(c2ccccc2)=CCN1C1C=CCCC1. The Kier molecular flexibility index (Phi) is 3.84. The molecule has 2 unspecified atom stereocenters. The minimum absolute atomic E-state index is 0.646. The van der Waals surface area contributed by atoms with Crippen LogP contribution in [0.3, 0.4) is 0 Å². The molecule has 2 atom stereocenters. The van der Waals surface area contributed by atoms with E-state index in [2.05, 4.69) is 60.4 Å². The number of rotatable bonds is 2. The minimum atomic E-state index is 0.646. The monoisotopic (exact) mass is 253 g/mol. The lowest BCUT2D eigenvalue weighted by molar-refractivity contribution is 0.174. The average molecular weight is 253 g/mol. The van der Waals surface area contributed by atoms with Crippen molar-refractivity contribution in [1.29, 1.82) is 0 Å². The zero-order valence-corrected chi connectivity index (χ0v) is 11.8. The van der Waals surface area contributed by atoms with Crippen LogP contribution in [0.1, 0.15) is 38.2 Å². The van der Waals surface area contributed by atoms with E-state index in [0.717, 1.165) is 6.54 Å². The zero-order valence-electron chi connectivity index (χ0n) is 11.8. The summed E-state index contributed by atoms with van der Waals surface area (Å²) in [5.41, 5.74) is 2.91. The molecule has 100 valence electrons. The van der Waals surface area contributed by atoms with Gasteiger partial charge in [0.1, 0.15) is 0 Å². The first-order chi connectivity index (χ1) is 9.34. The van der Waals surface area contributed by atoms with Crippen LogP contribution < -0.4 is 0 Å². The van der Waals surface area contributed by atoms with Crippen molar-refractivity contribution in [2.24, 2.45) is 0 Å². The molecule has 3 rings (SSSR count). The number of allylic oxidation sites excluding steroid dienone is 1. The van der Waals surface area contributed by atoms with E-state index in [1.165, 1.54) is 36.8 Å². The molecule has 1 heteroatoms. The summed E-state index contributed by atoms with van der Waals surface area (Å²) in [4.78, 5) is 2.65. The Morgan fingerprint density at radius 3 is 2.68 bits per heavy atom. The highest BCUT2D eigenvalue weighted by Gasteiger charge is 2.25. The molecule has 1 aromatic carbocycles. The predicted molar refractivity (Wildman–Crippen MR) is 82.0 cm³/mol. The fraction of sp³-hybridized carbons (Fsp3) is 0.444. The second-order valence-electron chi connectivity index (χ2n) is 5.77. The molecule has 0 spiro atoms. The highest BCUT2D eigenvalue weighted by Crippen LogP contribution is 2.29. The van der Waals surface area contributed by atoms with Gasteiger partial charge < -0.3 is 0 Å². The van der Waals surface area contributed by atoms with E-state index >= 15 is 0 Å². The molecule has 2 aliphatic rings. The second kappa shape index (κ2) is 5.75. The number of hydrogen-bond acceptors (Lipinski definition) is 1. The predicted octanol–water partition coefficient (Wildman–Crippen LogP) is 4.27. The minimum Gasteiger partial charge on any atom is -0.290 e. The molecule has 0 fully saturated rings. The van der Waals surface area contributed by atoms with Crippen LogP contribution >= 0.6 is 0 Å². The Hall–Kier alpha value is -1.34. The first-order valence-corrected chi connectivity index (χ1v) is 7.51. The van der Waals surface area contributed by atoms with Gasteiger partial charge in [-0.3, -0.25) is 4.90 Å². The van der Waals surface area contributed by atoms with Crippen molar-refractivity contribution >= 4 is 5.57 Å². The van der Waals surface area contributed by atoms with Gasteiger partial charge in [0.15, 0.2) is 0 Å². The first kappa shape index (κ1) is 12.7. The standard InChI is InChI=1S/C18H23N/c1-15-14-17(16-8-4-2-5-9-16)12-13-19(15)18-10-6-3-7-11-18/h2,4-6,8-10,12,15,18H,3,7,11,13-14H2,1H3. The van der Waals surface area contributed by atoms with Crippen LogP contribution in [0.4, 0.5) is 0 Å². The lowest BCUT2D eigenvalue weighted by Crippen LogP contribution is -2.43. The first-order valence-electron chi connectivity index (χ1n) is 7.51. The van der Waals surface area contributed by atoms with Gasteiger partial charge in [-0.15, -0.1) is 0 Å². The van der Waals surface area contributed by atoms with Crippen molar-refractivity contribution in [3.63, 3.8) is 0 Å². The summed E-state index contributed by atoms with van der Waals surface area (Å²) in [6.07, 6.45) is 12.3. The van der Waals surface area contributed by atoms with Crippen molar-refractivity contribution in [2.75, 3.05) is 6.54 Å². The fourth-order valence-electron chi connectivity index (χ4n) is 3.34. The highest BCUT2D eigenvalue weighted by atomic mass is 15.2. The summed E-state index contributed by atoms with van der Waals surface area (Å²) in [7, 11) is 0. The maximum atomic E-state index is 2.65. The van der Waals surface area contributed by atoms with Crippen LogP contribution in [-0.2, 0) is 0 Å². The molecule has 0 bridgehead atoms. The Morgan fingerprint density at radius 2 is 2.00 bits per heavy atom. The van der Waals surface area contributed by atoms with Gasteiger partial charge in [0.05, 0.1) is 0 Å². The molecule has 0 N–H and O–H groups in total. The van der Waals surface area contributed by atoms with Crippen molar-refractivity contribution < 1.29 is 0 Å². The molecule has 1 aromatic rings. The van der Waals surface area contributed by atoms with Gasteiger partial charge in [-0.05, 0) is 43.7 Å². The van der Waals surface area contributed by atoms with Crippen molar-refractivity contribution in [2.45, 2.75) is 44.7 Å². The molecule has 0 saturated heterocycles. The third-order valence-electron chi connectivity index (χ3n) is 4.43. The smallest absolute Gasteiger partial charge is 0.0284 e. The molecule has 0 radical (unpaired) electrons. The van der Waals surface area contributed by atoms with E-state index in [-0.39, 0.29) is 0 Å². The van der Waals surface area contributed by atoms with E-state index < -0.39 is 0 Å². The molecule has 1 nitrogen and oxygen atoms in total. The molecule has 1 heterocycles. The van der Waals surface area contributed by atoms with Crippen molar-refractivity contribution in [1.82, 2.24) is 4.90 Å². The topological polar surface area (TPSA) is 3.24 Å². The normalized spacial score (nSPS) is 28.2. The second-order valence-corrected chi connectivity index (χ2v) is 5.77. The Balaban J connectivity index is 1.75. The van der Waals surface area contributed by atoms with Crippen LogP contribution in [0.25, 0.3) is 5.57 Å². The van der Waals surface area contributed by atoms with Gasteiger partial charge in [0.2, 0.25) is 0 Å². The third-order valence-corrected chi connectivity index (χ3v) is 4.43. The summed E-state index contributed by atoms with van der Waals surface area (Å²) in [6.45, 7) is 3.47. The summed E-state index contributed by atoms with van der Waals surface area (Å²) in [5.74, 6) is 0. The van der Waals surface area contributed by atoms with Gasteiger partial charge in [-0.25, -0.2) is 0 Å². The summed E-state index contributed by atoms with van der Waals surface area (Å²) < 4.78 is 0. The third kappa shape index (κ3) is 2.82. The maximum Gasteiger partial charge on any atom is 0.0284 e. The molecule has 1 aliphatic carbocycles. The number of hydrogen-bond donors (Lipinski definition) is 0.